The van der Waals surface area contributed by atoms with Gasteiger partial charge in [-0.3, -0.25) is 9.59 Å². The van der Waals surface area contributed by atoms with Crippen LogP contribution in [0.5, 0.6) is 0 Å². The van der Waals surface area contributed by atoms with Crippen LogP contribution in [0.15, 0.2) is 24.3 Å². The van der Waals surface area contributed by atoms with E-state index in [1.807, 2.05) is 17.0 Å². The van der Waals surface area contributed by atoms with E-state index in [9.17, 15) is 14.4 Å². The van der Waals surface area contributed by atoms with E-state index in [2.05, 4.69) is 5.32 Å². The van der Waals surface area contributed by atoms with Crippen molar-refractivity contribution < 1.29 is 19.5 Å². The maximum absolute atomic E-state index is 12.4. The fourth-order valence-corrected chi connectivity index (χ4v) is 2.72. The Morgan fingerprint density at radius 3 is 2.36 bits per heavy atom. The first-order valence-corrected chi connectivity index (χ1v) is 8.56. The number of hydrogen-bond donors (Lipinski definition) is 2. The molecule has 7 heteroatoms. The number of carbonyl (C=O) groups is 3. The lowest BCUT2D eigenvalue weighted by Crippen LogP contribution is -2.38. The number of carbonyl (C=O) groups excluding carboxylic acids is 2. The number of likely N-dealkylation sites (tertiary alicyclic amines) is 1. The number of nitrogens with zero attached hydrogens (tertiary/aromatic N) is 2. The third kappa shape index (κ3) is 5.77. The molecule has 0 spiro atoms. The maximum Gasteiger partial charge on any atom is 0.317 e. The van der Waals surface area contributed by atoms with Crippen molar-refractivity contribution in [1.82, 2.24) is 15.1 Å². The molecule has 1 aromatic carbocycles. The Balaban J connectivity index is 1.82. The number of carboxylic acid groups (broad SMARTS) is 1. The second-order valence-electron chi connectivity index (χ2n) is 6.27. The van der Waals surface area contributed by atoms with Gasteiger partial charge in [-0.05, 0) is 37.0 Å². The van der Waals surface area contributed by atoms with E-state index in [1.54, 1.807) is 19.2 Å². The van der Waals surface area contributed by atoms with Gasteiger partial charge in [-0.25, -0.2) is 4.79 Å². The molecule has 0 radical (unpaired) electrons. The van der Waals surface area contributed by atoms with Crippen molar-refractivity contribution in [2.75, 3.05) is 26.7 Å². The minimum absolute atomic E-state index is 0.0590. The van der Waals surface area contributed by atoms with Crippen LogP contribution in [0.3, 0.4) is 0 Å². The topological polar surface area (TPSA) is 90.0 Å². The number of carboxylic acids is 1. The smallest absolute Gasteiger partial charge is 0.317 e. The second-order valence-corrected chi connectivity index (χ2v) is 6.27. The molecule has 0 bridgehead atoms. The van der Waals surface area contributed by atoms with Gasteiger partial charge < -0.3 is 20.2 Å². The van der Waals surface area contributed by atoms with Gasteiger partial charge in [0.1, 0.15) is 0 Å². The quantitative estimate of drug-likeness (QED) is 0.823. The first-order valence-electron chi connectivity index (χ1n) is 8.56. The Bertz CT molecular complexity index is 609. The number of aliphatic carboxylic acids is 1. The van der Waals surface area contributed by atoms with Crippen LogP contribution in [0.2, 0.25) is 0 Å². The second kappa shape index (κ2) is 9.05. The Hall–Kier alpha value is -2.57. The molecule has 136 valence electrons. The Kier molecular flexibility index (Phi) is 6.80. The molecule has 1 aliphatic heterocycles. The minimum Gasteiger partial charge on any atom is -0.481 e. The lowest BCUT2D eigenvalue weighted by atomic mass is 10.1. The third-order valence-corrected chi connectivity index (χ3v) is 4.30. The van der Waals surface area contributed by atoms with Gasteiger partial charge >= 0.3 is 12.0 Å². The number of amides is 3. The summed E-state index contributed by atoms with van der Waals surface area (Å²) in [7, 11) is 1.55. The summed E-state index contributed by atoms with van der Waals surface area (Å²) in [4.78, 5) is 38.0. The van der Waals surface area contributed by atoms with Crippen LogP contribution in [0.25, 0.3) is 0 Å². The Labute approximate surface area is 147 Å². The van der Waals surface area contributed by atoms with Crippen LogP contribution in [-0.4, -0.2) is 59.5 Å². The highest BCUT2D eigenvalue weighted by Gasteiger charge is 2.18. The van der Waals surface area contributed by atoms with Crippen LogP contribution in [0.1, 0.15) is 41.6 Å². The zero-order valence-corrected chi connectivity index (χ0v) is 14.5. The fourth-order valence-electron chi connectivity index (χ4n) is 2.72. The van der Waals surface area contributed by atoms with Crippen molar-refractivity contribution in [2.24, 2.45) is 0 Å². The summed E-state index contributed by atoms with van der Waals surface area (Å²) in [5, 5.41) is 11.4. The molecule has 2 rings (SSSR count). The maximum atomic E-state index is 12.4. The molecule has 0 aliphatic carbocycles. The van der Waals surface area contributed by atoms with E-state index in [4.69, 9.17) is 5.11 Å². The van der Waals surface area contributed by atoms with Gasteiger partial charge in [0.2, 0.25) is 0 Å². The van der Waals surface area contributed by atoms with Crippen LogP contribution >= 0.6 is 0 Å². The molecular weight excluding hydrogens is 322 g/mol. The molecule has 0 atom stereocenters. The molecule has 1 heterocycles. The van der Waals surface area contributed by atoms with E-state index < -0.39 is 5.97 Å². The highest BCUT2D eigenvalue weighted by atomic mass is 16.4. The molecule has 7 nitrogen and oxygen atoms in total. The first-order chi connectivity index (χ1) is 12.0. The fraction of sp³-hybridized carbons (Fsp3) is 0.500. The highest BCUT2D eigenvalue weighted by molar-refractivity contribution is 5.94. The molecule has 0 aromatic heterocycles. The molecule has 25 heavy (non-hydrogen) atoms. The van der Waals surface area contributed by atoms with E-state index in [1.165, 1.54) is 11.3 Å². The molecule has 0 saturated carbocycles. The number of nitrogens with one attached hydrogen (secondary N) is 1. The van der Waals surface area contributed by atoms with Gasteiger partial charge in [0, 0.05) is 38.8 Å². The van der Waals surface area contributed by atoms with Gasteiger partial charge in [0.15, 0.2) is 0 Å². The van der Waals surface area contributed by atoms with Gasteiger partial charge in [-0.15, -0.1) is 0 Å². The molecule has 1 fully saturated rings. The molecular formula is C18H25N3O4. The van der Waals surface area contributed by atoms with E-state index in [0.29, 0.717) is 12.1 Å². The molecule has 0 unspecified atom stereocenters. The normalized spacial score (nSPS) is 14.0. The molecule has 3 amide bonds. The Morgan fingerprint density at radius 2 is 1.76 bits per heavy atom. The predicted octanol–water partition coefficient (Wildman–Crippen LogP) is 1.93. The molecule has 1 aliphatic rings. The lowest BCUT2D eigenvalue weighted by Gasteiger charge is -2.26. The van der Waals surface area contributed by atoms with Crippen LogP contribution in [-0.2, 0) is 11.3 Å². The zero-order chi connectivity index (χ0) is 18.2. The van der Waals surface area contributed by atoms with Crippen molar-refractivity contribution in [2.45, 2.75) is 32.2 Å². The van der Waals surface area contributed by atoms with E-state index in [-0.39, 0.29) is 24.9 Å². The largest absolute Gasteiger partial charge is 0.481 e. The summed E-state index contributed by atoms with van der Waals surface area (Å²) in [5.41, 5.74) is 1.55. The van der Waals surface area contributed by atoms with Gasteiger partial charge in [0.05, 0.1) is 6.42 Å². The number of piperidine rings is 1. The van der Waals surface area contributed by atoms with E-state index in [0.717, 1.165) is 31.5 Å². The average molecular weight is 347 g/mol. The highest BCUT2D eigenvalue weighted by Crippen LogP contribution is 2.14. The first kappa shape index (κ1) is 18.8. The molecule has 1 saturated heterocycles. The summed E-state index contributed by atoms with van der Waals surface area (Å²) in [6.45, 7) is 2.12. The average Bonchev–Trinajstić information content (AvgIpc) is 2.64. The van der Waals surface area contributed by atoms with Crippen molar-refractivity contribution in [3.8, 4) is 0 Å². The number of hydrogen-bond acceptors (Lipinski definition) is 3. The molecule has 1 aromatic rings. The van der Waals surface area contributed by atoms with Gasteiger partial charge in [0.25, 0.3) is 5.91 Å². The number of rotatable bonds is 6. The number of benzene rings is 1. The van der Waals surface area contributed by atoms with Crippen LogP contribution < -0.4 is 5.32 Å². The Morgan fingerprint density at radius 1 is 1.12 bits per heavy atom. The van der Waals surface area contributed by atoms with Crippen molar-refractivity contribution in [3.63, 3.8) is 0 Å². The summed E-state index contributed by atoms with van der Waals surface area (Å²) in [6.07, 6.45) is 3.22. The zero-order valence-electron chi connectivity index (χ0n) is 14.5. The summed E-state index contributed by atoms with van der Waals surface area (Å²) < 4.78 is 0. The van der Waals surface area contributed by atoms with E-state index >= 15 is 0 Å². The number of urea groups is 1. The lowest BCUT2D eigenvalue weighted by molar-refractivity contribution is -0.137. The van der Waals surface area contributed by atoms with Crippen molar-refractivity contribution in [1.29, 1.82) is 0 Å². The van der Waals surface area contributed by atoms with Crippen molar-refractivity contribution >= 4 is 17.9 Å². The van der Waals surface area contributed by atoms with Gasteiger partial charge in [-0.1, -0.05) is 12.1 Å². The monoisotopic (exact) mass is 347 g/mol. The van der Waals surface area contributed by atoms with Crippen molar-refractivity contribution in [3.05, 3.63) is 35.4 Å². The summed E-state index contributed by atoms with van der Waals surface area (Å²) >= 11 is 0. The SMILES string of the molecule is CN(CCC(=O)O)C(=O)NCc1ccc(C(=O)N2CCCCC2)cc1. The summed E-state index contributed by atoms with van der Waals surface area (Å²) in [5.74, 6) is -0.877. The van der Waals surface area contributed by atoms with Crippen LogP contribution in [0.4, 0.5) is 4.79 Å². The standard InChI is InChI=1S/C18H25N3O4/c1-20(12-9-16(22)23)18(25)19-13-14-5-7-15(8-6-14)17(24)21-10-3-2-4-11-21/h5-8H,2-4,9-13H2,1H3,(H,19,25)(H,22,23). The summed E-state index contributed by atoms with van der Waals surface area (Å²) in [6, 6.07) is 6.90. The van der Waals surface area contributed by atoms with Crippen LogP contribution in [0, 0.1) is 0 Å². The minimum atomic E-state index is -0.936. The molecule has 2 N–H and O–H groups in total. The third-order valence-electron chi connectivity index (χ3n) is 4.30. The predicted molar refractivity (Wildman–Crippen MR) is 93.3 cm³/mol. The van der Waals surface area contributed by atoms with Gasteiger partial charge in [-0.2, -0.15) is 0 Å².